The topological polar surface area (TPSA) is 17.8 Å². The van der Waals surface area contributed by atoms with Crippen LogP contribution in [0.4, 0.5) is 0 Å². The fraction of sp³-hybridized carbons (Fsp3) is 0. The van der Waals surface area contributed by atoms with E-state index in [9.17, 15) is 0 Å². The standard InChI is InChI=1S/C29H20N2/c1-2-12-23(13-3-1)27-20-29(26-18-8-14-21-10-4-6-16-24(21)26)31(30-27)28-19-9-15-22-11-5-7-17-25(22)28/h1-20H. The van der Waals surface area contributed by atoms with Gasteiger partial charge in [0.25, 0.3) is 0 Å². The van der Waals surface area contributed by atoms with Gasteiger partial charge in [0.05, 0.1) is 17.1 Å². The van der Waals surface area contributed by atoms with Gasteiger partial charge in [0, 0.05) is 16.5 Å². The average Bonchev–Trinajstić information content (AvgIpc) is 3.29. The van der Waals surface area contributed by atoms with Gasteiger partial charge in [0.15, 0.2) is 0 Å². The molecule has 5 aromatic carbocycles. The molecule has 0 saturated carbocycles. The summed E-state index contributed by atoms with van der Waals surface area (Å²) in [5.41, 5.74) is 5.44. The third kappa shape index (κ3) is 3.01. The minimum Gasteiger partial charge on any atom is -0.232 e. The van der Waals surface area contributed by atoms with Gasteiger partial charge in [-0.15, -0.1) is 0 Å². The summed E-state index contributed by atoms with van der Waals surface area (Å²) in [6, 6.07) is 42.5. The summed E-state index contributed by atoms with van der Waals surface area (Å²) in [6.45, 7) is 0. The zero-order valence-corrected chi connectivity index (χ0v) is 16.9. The van der Waals surface area contributed by atoms with Crippen LogP contribution in [0, 0.1) is 0 Å². The minimum atomic E-state index is 0.969. The maximum atomic E-state index is 5.10. The first-order chi connectivity index (χ1) is 15.4. The van der Waals surface area contributed by atoms with Crippen LogP contribution in [0.15, 0.2) is 121 Å². The summed E-state index contributed by atoms with van der Waals surface area (Å²) in [5.74, 6) is 0. The third-order valence-corrected chi connectivity index (χ3v) is 5.84. The maximum absolute atomic E-state index is 5.10. The molecule has 0 bridgehead atoms. The maximum Gasteiger partial charge on any atom is 0.0934 e. The highest BCUT2D eigenvalue weighted by molar-refractivity contribution is 5.98. The van der Waals surface area contributed by atoms with Gasteiger partial charge in [-0.3, -0.25) is 0 Å². The van der Waals surface area contributed by atoms with E-state index < -0.39 is 0 Å². The van der Waals surface area contributed by atoms with Crippen LogP contribution in [0.2, 0.25) is 0 Å². The van der Waals surface area contributed by atoms with E-state index in [1.54, 1.807) is 0 Å². The van der Waals surface area contributed by atoms with Crippen molar-refractivity contribution in [3.8, 4) is 28.2 Å². The number of hydrogen-bond donors (Lipinski definition) is 0. The first kappa shape index (κ1) is 17.7. The van der Waals surface area contributed by atoms with Crippen LogP contribution in [0.1, 0.15) is 0 Å². The molecule has 0 aliphatic heterocycles. The normalized spacial score (nSPS) is 11.2. The Hall–Kier alpha value is -4.17. The zero-order chi connectivity index (χ0) is 20.6. The van der Waals surface area contributed by atoms with Crippen molar-refractivity contribution in [2.24, 2.45) is 0 Å². The fourth-order valence-electron chi connectivity index (χ4n) is 4.35. The lowest BCUT2D eigenvalue weighted by atomic mass is 10.0. The van der Waals surface area contributed by atoms with Crippen molar-refractivity contribution in [1.82, 2.24) is 9.78 Å². The fourth-order valence-corrected chi connectivity index (χ4v) is 4.35. The Labute approximate surface area is 181 Å². The van der Waals surface area contributed by atoms with E-state index in [1.807, 2.05) is 6.07 Å². The third-order valence-electron chi connectivity index (χ3n) is 5.84. The Bertz CT molecular complexity index is 1420. The molecule has 6 rings (SSSR count). The number of hydrogen-bond acceptors (Lipinski definition) is 1. The predicted molar refractivity (Wildman–Crippen MR) is 129 cm³/mol. The average molecular weight is 396 g/mol. The second kappa shape index (κ2) is 7.26. The first-order valence-electron chi connectivity index (χ1n) is 10.5. The second-order valence-electron chi connectivity index (χ2n) is 7.72. The lowest BCUT2D eigenvalue weighted by Crippen LogP contribution is -2.00. The molecule has 1 aromatic heterocycles. The lowest BCUT2D eigenvalue weighted by molar-refractivity contribution is 0.900. The van der Waals surface area contributed by atoms with E-state index >= 15 is 0 Å². The molecule has 0 fully saturated rings. The molecular formula is C29H20N2. The van der Waals surface area contributed by atoms with Crippen LogP contribution in [0.5, 0.6) is 0 Å². The molecule has 31 heavy (non-hydrogen) atoms. The molecule has 0 radical (unpaired) electrons. The van der Waals surface area contributed by atoms with Crippen LogP contribution in [0.3, 0.4) is 0 Å². The SMILES string of the molecule is c1ccc(-c2cc(-c3cccc4ccccc34)n(-c3cccc4ccccc34)n2)cc1. The van der Waals surface area contributed by atoms with E-state index in [0.717, 1.165) is 22.6 Å². The molecule has 0 aliphatic carbocycles. The van der Waals surface area contributed by atoms with Crippen LogP contribution in [0.25, 0.3) is 49.7 Å². The van der Waals surface area contributed by atoms with E-state index in [1.165, 1.54) is 27.1 Å². The molecular weight excluding hydrogens is 376 g/mol. The van der Waals surface area contributed by atoms with E-state index in [2.05, 4.69) is 120 Å². The van der Waals surface area contributed by atoms with Crippen LogP contribution >= 0.6 is 0 Å². The molecule has 0 spiro atoms. The number of nitrogens with zero attached hydrogens (tertiary/aromatic N) is 2. The summed E-state index contributed by atoms with van der Waals surface area (Å²) in [6.07, 6.45) is 0. The van der Waals surface area contributed by atoms with Crippen molar-refractivity contribution < 1.29 is 0 Å². The quantitative estimate of drug-likeness (QED) is 0.303. The minimum absolute atomic E-state index is 0.969. The summed E-state index contributed by atoms with van der Waals surface area (Å²) >= 11 is 0. The number of benzene rings is 5. The molecule has 0 N–H and O–H groups in total. The van der Waals surface area contributed by atoms with E-state index in [4.69, 9.17) is 5.10 Å². The lowest BCUT2D eigenvalue weighted by Gasteiger charge is -2.12. The van der Waals surface area contributed by atoms with Gasteiger partial charge in [-0.25, -0.2) is 4.68 Å². The predicted octanol–water partition coefficient (Wildman–Crippen LogP) is 7.51. The number of rotatable bonds is 3. The van der Waals surface area contributed by atoms with Gasteiger partial charge < -0.3 is 0 Å². The molecule has 0 aliphatic rings. The summed E-state index contributed by atoms with van der Waals surface area (Å²) in [7, 11) is 0. The molecule has 0 atom stereocenters. The van der Waals surface area contributed by atoms with Gasteiger partial charge in [0.1, 0.15) is 0 Å². The Morgan fingerprint density at radius 3 is 1.94 bits per heavy atom. The summed E-state index contributed by atoms with van der Waals surface area (Å²) in [5, 5.41) is 9.96. The van der Waals surface area contributed by atoms with Crippen molar-refractivity contribution in [3.63, 3.8) is 0 Å². The molecule has 1 heterocycles. The van der Waals surface area contributed by atoms with E-state index in [0.29, 0.717) is 0 Å². The molecule has 146 valence electrons. The highest BCUT2D eigenvalue weighted by Gasteiger charge is 2.16. The Kier molecular flexibility index (Phi) is 4.14. The molecule has 0 saturated heterocycles. The van der Waals surface area contributed by atoms with Gasteiger partial charge in [-0.1, -0.05) is 109 Å². The van der Waals surface area contributed by atoms with Crippen molar-refractivity contribution in [3.05, 3.63) is 121 Å². The largest absolute Gasteiger partial charge is 0.232 e. The Morgan fingerprint density at radius 2 is 1.13 bits per heavy atom. The van der Waals surface area contributed by atoms with Crippen molar-refractivity contribution in [2.75, 3.05) is 0 Å². The van der Waals surface area contributed by atoms with Crippen LogP contribution in [-0.2, 0) is 0 Å². The van der Waals surface area contributed by atoms with Gasteiger partial charge in [-0.2, -0.15) is 5.10 Å². The van der Waals surface area contributed by atoms with E-state index in [-0.39, 0.29) is 0 Å². The molecule has 0 unspecified atom stereocenters. The smallest absolute Gasteiger partial charge is 0.0934 e. The molecule has 0 amide bonds. The van der Waals surface area contributed by atoms with Crippen LogP contribution in [-0.4, -0.2) is 9.78 Å². The monoisotopic (exact) mass is 396 g/mol. The van der Waals surface area contributed by atoms with Crippen LogP contribution < -0.4 is 0 Å². The summed E-state index contributed by atoms with van der Waals surface area (Å²) < 4.78 is 2.10. The molecule has 2 heteroatoms. The molecule has 6 aromatic rings. The van der Waals surface area contributed by atoms with Crippen molar-refractivity contribution in [2.45, 2.75) is 0 Å². The van der Waals surface area contributed by atoms with Crippen molar-refractivity contribution in [1.29, 1.82) is 0 Å². The van der Waals surface area contributed by atoms with Crippen molar-refractivity contribution >= 4 is 21.5 Å². The van der Waals surface area contributed by atoms with Gasteiger partial charge >= 0.3 is 0 Å². The first-order valence-corrected chi connectivity index (χ1v) is 10.5. The highest BCUT2D eigenvalue weighted by atomic mass is 15.3. The van der Waals surface area contributed by atoms with Gasteiger partial charge in [-0.05, 0) is 28.3 Å². The summed E-state index contributed by atoms with van der Waals surface area (Å²) in [4.78, 5) is 0. The number of aromatic nitrogens is 2. The number of fused-ring (bicyclic) bond motifs is 2. The highest BCUT2D eigenvalue weighted by Crippen LogP contribution is 2.35. The zero-order valence-electron chi connectivity index (χ0n) is 16.9. The Balaban J connectivity index is 1.68. The van der Waals surface area contributed by atoms with Gasteiger partial charge in [0.2, 0.25) is 0 Å². The second-order valence-corrected chi connectivity index (χ2v) is 7.72. The molecule has 2 nitrogen and oxygen atoms in total. The Morgan fingerprint density at radius 1 is 0.516 bits per heavy atom.